The monoisotopic (exact) mass is 269 g/mol. The van der Waals surface area contributed by atoms with Gasteiger partial charge in [0.2, 0.25) is 0 Å². The maximum absolute atomic E-state index is 8.94. The molecule has 0 saturated carbocycles. The molecule has 0 radical (unpaired) electrons. The smallest absolute Gasteiger partial charge is 0.0431 e. The van der Waals surface area contributed by atoms with Crippen LogP contribution in [0.4, 0.5) is 0 Å². The first-order valence-corrected chi connectivity index (χ1v) is 7.29. The molecule has 2 aromatic rings. The van der Waals surface area contributed by atoms with Crippen molar-refractivity contribution in [3.05, 3.63) is 71.8 Å². The van der Waals surface area contributed by atoms with Crippen LogP contribution in [0.1, 0.15) is 24.0 Å². The maximum Gasteiger partial charge on any atom is 0.0431 e. The van der Waals surface area contributed by atoms with Crippen molar-refractivity contribution >= 4 is 0 Å². The first-order valence-electron chi connectivity index (χ1n) is 7.29. The molecule has 2 heteroatoms. The minimum atomic E-state index is 0.282. The third-order valence-corrected chi connectivity index (χ3v) is 3.38. The summed E-state index contributed by atoms with van der Waals surface area (Å²) in [7, 11) is 0. The Bertz CT molecular complexity index is 428. The normalized spacial score (nSPS) is 10.9. The molecule has 2 nitrogen and oxygen atoms in total. The number of hydrogen-bond donors (Lipinski definition) is 1. The van der Waals surface area contributed by atoms with Crippen LogP contribution in [0.3, 0.4) is 0 Å². The molecule has 0 aromatic heterocycles. The first kappa shape index (κ1) is 14.8. The van der Waals surface area contributed by atoms with Crippen LogP contribution >= 0.6 is 0 Å². The number of rotatable bonds is 8. The van der Waals surface area contributed by atoms with E-state index in [-0.39, 0.29) is 6.61 Å². The maximum atomic E-state index is 8.94. The van der Waals surface area contributed by atoms with Gasteiger partial charge in [0.25, 0.3) is 0 Å². The Labute approximate surface area is 121 Å². The van der Waals surface area contributed by atoms with Gasteiger partial charge in [0.05, 0.1) is 0 Å². The molecular weight excluding hydrogens is 246 g/mol. The quantitative estimate of drug-likeness (QED) is 0.742. The molecular formula is C18H23NO. The van der Waals surface area contributed by atoms with Crippen molar-refractivity contribution in [2.24, 2.45) is 0 Å². The van der Waals surface area contributed by atoms with Crippen molar-refractivity contribution in [2.75, 3.05) is 13.2 Å². The van der Waals surface area contributed by atoms with Crippen LogP contribution in [0, 0.1) is 0 Å². The molecule has 0 spiro atoms. The van der Waals surface area contributed by atoms with E-state index < -0.39 is 0 Å². The number of unbranched alkanes of at least 4 members (excludes halogenated alkanes) is 1. The fraction of sp³-hybridized carbons (Fsp3) is 0.333. The summed E-state index contributed by atoms with van der Waals surface area (Å²) in [5, 5.41) is 8.94. The molecule has 1 N–H and O–H groups in total. The van der Waals surface area contributed by atoms with Gasteiger partial charge in [0, 0.05) is 19.7 Å². The van der Waals surface area contributed by atoms with Crippen LogP contribution in [0.5, 0.6) is 0 Å². The van der Waals surface area contributed by atoms with E-state index >= 15 is 0 Å². The fourth-order valence-electron chi connectivity index (χ4n) is 2.34. The van der Waals surface area contributed by atoms with E-state index in [9.17, 15) is 0 Å². The van der Waals surface area contributed by atoms with Crippen molar-refractivity contribution in [2.45, 2.75) is 25.9 Å². The van der Waals surface area contributed by atoms with E-state index in [1.165, 1.54) is 11.1 Å². The summed E-state index contributed by atoms with van der Waals surface area (Å²) in [5.41, 5.74) is 2.68. The number of aliphatic hydroxyl groups is 1. The molecule has 0 aliphatic carbocycles. The van der Waals surface area contributed by atoms with E-state index in [2.05, 4.69) is 65.6 Å². The Morgan fingerprint density at radius 2 is 1.20 bits per heavy atom. The number of hydrogen-bond acceptors (Lipinski definition) is 2. The second-order valence-electron chi connectivity index (χ2n) is 5.11. The average molecular weight is 269 g/mol. The van der Waals surface area contributed by atoms with Crippen molar-refractivity contribution in [3.63, 3.8) is 0 Å². The zero-order valence-electron chi connectivity index (χ0n) is 11.9. The highest BCUT2D eigenvalue weighted by Crippen LogP contribution is 2.11. The summed E-state index contributed by atoms with van der Waals surface area (Å²) in [5.74, 6) is 0. The summed E-state index contributed by atoms with van der Waals surface area (Å²) >= 11 is 0. The third kappa shape index (κ3) is 5.16. The van der Waals surface area contributed by atoms with Gasteiger partial charge in [-0.15, -0.1) is 0 Å². The molecule has 2 rings (SSSR count). The van der Waals surface area contributed by atoms with Crippen molar-refractivity contribution in [1.82, 2.24) is 4.90 Å². The Morgan fingerprint density at radius 1 is 0.700 bits per heavy atom. The molecule has 0 aliphatic heterocycles. The van der Waals surface area contributed by atoms with Gasteiger partial charge in [-0.25, -0.2) is 0 Å². The third-order valence-electron chi connectivity index (χ3n) is 3.38. The number of benzene rings is 2. The van der Waals surface area contributed by atoms with E-state index in [1.54, 1.807) is 0 Å². The summed E-state index contributed by atoms with van der Waals surface area (Å²) in [4.78, 5) is 2.44. The lowest BCUT2D eigenvalue weighted by atomic mass is 10.1. The van der Waals surface area contributed by atoms with Gasteiger partial charge in [0.15, 0.2) is 0 Å². The lowest BCUT2D eigenvalue weighted by Crippen LogP contribution is -2.24. The summed E-state index contributed by atoms with van der Waals surface area (Å²) in [6.45, 7) is 3.22. The molecule has 0 amide bonds. The summed E-state index contributed by atoms with van der Waals surface area (Å²) in [6.07, 6.45) is 1.91. The van der Waals surface area contributed by atoms with Crippen LogP contribution in [-0.2, 0) is 13.1 Å². The van der Waals surface area contributed by atoms with Crippen LogP contribution < -0.4 is 0 Å². The Morgan fingerprint density at radius 3 is 1.65 bits per heavy atom. The van der Waals surface area contributed by atoms with Crippen molar-refractivity contribution in [3.8, 4) is 0 Å². The van der Waals surface area contributed by atoms with E-state index in [4.69, 9.17) is 5.11 Å². The fourth-order valence-corrected chi connectivity index (χ4v) is 2.34. The van der Waals surface area contributed by atoms with Crippen LogP contribution in [0.2, 0.25) is 0 Å². The molecule has 106 valence electrons. The lowest BCUT2D eigenvalue weighted by Gasteiger charge is -2.22. The van der Waals surface area contributed by atoms with Crippen molar-refractivity contribution < 1.29 is 5.11 Å². The summed E-state index contributed by atoms with van der Waals surface area (Å²) in [6, 6.07) is 21.1. The number of nitrogens with zero attached hydrogens (tertiary/aromatic N) is 1. The van der Waals surface area contributed by atoms with Gasteiger partial charge in [-0.3, -0.25) is 4.90 Å². The molecule has 0 unspecified atom stereocenters. The second-order valence-corrected chi connectivity index (χ2v) is 5.11. The van der Waals surface area contributed by atoms with E-state index in [0.717, 1.165) is 32.5 Å². The Balaban J connectivity index is 1.96. The highest BCUT2D eigenvalue weighted by Gasteiger charge is 2.06. The average Bonchev–Trinajstić information content (AvgIpc) is 2.49. The molecule has 2 aromatic carbocycles. The van der Waals surface area contributed by atoms with E-state index in [1.807, 2.05) is 0 Å². The summed E-state index contributed by atoms with van der Waals surface area (Å²) < 4.78 is 0. The molecule has 20 heavy (non-hydrogen) atoms. The van der Waals surface area contributed by atoms with Gasteiger partial charge < -0.3 is 5.11 Å². The highest BCUT2D eigenvalue weighted by atomic mass is 16.2. The second kappa shape index (κ2) is 8.51. The molecule has 0 fully saturated rings. The predicted molar refractivity (Wildman–Crippen MR) is 83.3 cm³/mol. The molecule has 0 bridgehead atoms. The molecule has 0 heterocycles. The standard InChI is InChI=1S/C18H23NO/c20-14-8-7-13-19(15-17-9-3-1-4-10-17)16-18-11-5-2-6-12-18/h1-6,9-12,20H,7-8,13-16H2. The highest BCUT2D eigenvalue weighted by molar-refractivity contribution is 5.17. The SMILES string of the molecule is OCCCCN(Cc1ccccc1)Cc1ccccc1. The number of aliphatic hydroxyl groups excluding tert-OH is 1. The largest absolute Gasteiger partial charge is 0.396 e. The lowest BCUT2D eigenvalue weighted by molar-refractivity contribution is 0.230. The molecule has 0 aliphatic rings. The predicted octanol–water partition coefficient (Wildman–Crippen LogP) is 3.46. The van der Waals surface area contributed by atoms with Crippen molar-refractivity contribution in [1.29, 1.82) is 0 Å². The molecule has 0 atom stereocenters. The van der Waals surface area contributed by atoms with Gasteiger partial charge in [0.1, 0.15) is 0 Å². The first-order chi connectivity index (χ1) is 9.88. The Hall–Kier alpha value is -1.64. The minimum absolute atomic E-state index is 0.282. The van der Waals surface area contributed by atoms with Gasteiger partial charge in [-0.1, -0.05) is 60.7 Å². The van der Waals surface area contributed by atoms with Crippen LogP contribution in [-0.4, -0.2) is 23.2 Å². The zero-order chi connectivity index (χ0) is 14.0. The molecule has 0 saturated heterocycles. The zero-order valence-corrected chi connectivity index (χ0v) is 11.9. The minimum Gasteiger partial charge on any atom is -0.396 e. The van der Waals surface area contributed by atoms with Gasteiger partial charge >= 0.3 is 0 Å². The topological polar surface area (TPSA) is 23.5 Å². The van der Waals surface area contributed by atoms with Crippen LogP contribution in [0.25, 0.3) is 0 Å². The Kier molecular flexibility index (Phi) is 6.28. The van der Waals surface area contributed by atoms with Gasteiger partial charge in [-0.05, 0) is 30.5 Å². The van der Waals surface area contributed by atoms with Gasteiger partial charge in [-0.2, -0.15) is 0 Å². The van der Waals surface area contributed by atoms with Crippen LogP contribution in [0.15, 0.2) is 60.7 Å². The van der Waals surface area contributed by atoms with E-state index in [0.29, 0.717) is 0 Å².